The molecule has 0 spiro atoms. The Labute approximate surface area is 194 Å². The molecule has 0 saturated carbocycles. The Bertz CT molecular complexity index is 1170. The Kier molecular flexibility index (Phi) is 7.50. The molecule has 9 heteroatoms. The molecular weight excluding hydrogens is 452 g/mol. The van der Waals surface area contributed by atoms with Crippen molar-refractivity contribution in [3.05, 3.63) is 75.1 Å². The Balaban J connectivity index is 1.94. The van der Waals surface area contributed by atoms with Crippen molar-refractivity contribution in [1.29, 1.82) is 0 Å². The van der Waals surface area contributed by atoms with E-state index < -0.39 is 17.8 Å². The maximum atomic E-state index is 13.0. The van der Waals surface area contributed by atoms with Gasteiger partial charge in [0.25, 0.3) is 11.8 Å². The zero-order valence-corrected chi connectivity index (χ0v) is 19.2. The van der Waals surface area contributed by atoms with Crippen LogP contribution in [-0.2, 0) is 4.74 Å². The number of nitrogens with one attached hydrogen (secondary N) is 2. The van der Waals surface area contributed by atoms with Gasteiger partial charge in [0.1, 0.15) is 10.8 Å². The standard InChI is InChI=1S/C23H21ClN2O5S/c1-4-31-17-11-6-5-10-16(17)25-21(28)19-13(2)18(23(29)30-3)22(32-19)26-20(27)14-8-7-9-15(24)12-14/h5-12H,4H2,1-3H3,(H,25,28)(H,26,27). The molecule has 0 radical (unpaired) electrons. The minimum Gasteiger partial charge on any atom is -0.492 e. The molecule has 2 amide bonds. The summed E-state index contributed by atoms with van der Waals surface area (Å²) in [6.45, 7) is 3.91. The van der Waals surface area contributed by atoms with Crippen LogP contribution >= 0.6 is 22.9 Å². The van der Waals surface area contributed by atoms with Crippen LogP contribution in [0.5, 0.6) is 5.75 Å². The average molecular weight is 473 g/mol. The number of esters is 1. The van der Waals surface area contributed by atoms with Crippen LogP contribution in [0.4, 0.5) is 10.7 Å². The molecule has 1 heterocycles. The van der Waals surface area contributed by atoms with Crippen LogP contribution in [0, 0.1) is 6.92 Å². The van der Waals surface area contributed by atoms with Gasteiger partial charge >= 0.3 is 5.97 Å². The number of amides is 2. The molecular formula is C23H21ClN2O5S. The first kappa shape index (κ1) is 23.3. The van der Waals surface area contributed by atoms with Gasteiger partial charge in [0, 0.05) is 10.6 Å². The lowest BCUT2D eigenvalue weighted by molar-refractivity contribution is 0.0601. The normalized spacial score (nSPS) is 10.4. The zero-order chi connectivity index (χ0) is 23.3. The summed E-state index contributed by atoms with van der Waals surface area (Å²) in [6.07, 6.45) is 0. The summed E-state index contributed by atoms with van der Waals surface area (Å²) >= 11 is 6.95. The van der Waals surface area contributed by atoms with Crippen molar-refractivity contribution >= 4 is 51.4 Å². The lowest BCUT2D eigenvalue weighted by atomic mass is 10.1. The molecule has 2 aromatic carbocycles. The fourth-order valence-corrected chi connectivity index (χ4v) is 4.28. The molecule has 0 unspecified atom stereocenters. The first-order valence-electron chi connectivity index (χ1n) is 9.67. The third kappa shape index (κ3) is 5.09. The highest BCUT2D eigenvalue weighted by atomic mass is 35.5. The van der Waals surface area contributed by atoms with E-state index in [2.05, 4.69) is 10.6 Å². The van der Waals surface area contributed by atoms with Gasteiger partial charge in [-0.05, 0) is 49.7 Å². The number of para-hydroxylation sites is 2. The highest BCUT2D eigenvalue weighted by molar-refractivity contribution is 7.19. The second kappa shape index (κ2) is 10.3. The van der Waals surface area contributed by atoms with Gasteiger partial charge in [-0.3, -0.25) is 9.59 Å². The van der Waals surface area contributed by atoms with Gasteiger partial charge in [0.05, 0.1) is 29.8 Å². The molecule has 1 aromatic heterocycles. The predicted octanol–water partition coefficient (Wildman–Crippen LogP) is 5.40. The number of carbonyl (C=O) groups excluding carboxylic acids is 3. The maximum absolute atomic E-state index is 13.0. The largest absolute Gasteiger partial charge is 0.492 e. The first-order chi connectivity index (χ1) is 15.3. The molecule has 166 valence electrons. The highest BCUT2D eigenvalue weighted by Crippen LogP contribution is 2.35. The second-order valence-corrected chi connectivity index (χ2v) is 8.06. The minimum absolute atomic E-state index is 0.121. The van der Waals surface area contributed by atoms with Gasteiger partial charge in [-0.25, -0.2) is 4.79 Å². The summed E-state index contributed by atoms with van der Waals surface area (Å²) in [5, 5.41) is 6.12. The Hall–Kier alpha value is -3.36. The van der Waals surface area contributed by atoms with Gasteiger partial charge in [0.2, 0.25) is 0 Å². The van der Waals surface area contributed by atoms with Crippen molar-refractivity contribution in [2.24, 2.45) is 0 Å². The number of rotatable bonds is 7. The molecule has 7 nitrogen and oxygen atoms in total. The summed E-state index contributed by atoms with van der Waals surface area (Å²) in [7, 11) is 1.24. The molecule has 0 aliphatic carbocycles. The Morgan fingerprint density at radius 2 is 1.78 bits per heavy atom. The molecule has 3 aromatic rings. The van der Waals surface area contributed by atoms with Crippen LogP contribution in [-0.4, -0.2) is 31.5 Å². The monoisotopic (exact) mass is 472 g/mol. The summed E-state index contributed by atoms with van der Waals surface area (Å²) in [5.41, 5.74) is 1.33. The van der Waals surface area contributed by atoms with Gasteiger partial charge in [-0.2, -0.15) is 0 Å². The maximum Gasteiger partial charge on any atom is 0.341 e. The zero-order valence-electron chi connectivity index (χ0n) is 17.7. The molecule has 0 bridgehead atoms. The topological polar surface area (TPSA) is 93.7 Å². The van der Waals surface area contributed by atoms with Crippen molar-refractivity contribution in [2.75, 3.05) is 24.4 Å². The van der Waals surface area contributed by atoms with Gasteiger partial charge in [0.15, 0.2) is 0 Å². The number of ether oxygens (including phenoxy) is 2. The number of methoxy groups -OCH3 is 1. The number of hydrogen-bond donors (Lipinski definition) is 2. The van der Waals surface area contributed by atoms with Crippen molar-refractivity contribution < 1.29 is 23.9 Å². The van der Waals surface area contributed by atoms with E-state index >= 15 is 0 Å². The first-order valence-corrected chi connectivity index (χ1v) is 10.9. The van der Waals surface area contributed by atoms with Crippen molar-refractivity contribution in [3.63, 3.8) is 0 Å². The van der Waals surface area contributed by atoms with E-state index in [0.717, 1.165) is 11.3 Å². The van der Waals surface area contributed by atoms with E-state index in [9.17, 15) is 14.4 Å². The van der Waals surface area contributed by atoms with E-state index in [0.29, 0.717) is 34.2 Å². The lowest BCUT2D eigenvalue weighted by Crippen LogP contribution is -2.14. The van der Waals surface area contributed by atoms with E-state index in [-0.39, 0.29) is 15.4 Å². The third-order valence-corrected chi connectivity index (χ3v) is 5.93. The minimum atomic E-state index is -0.658. The van der Waals surface area contributed by atoms with Crippen molar-refractivity contribution in [1.82, 2.24) is 0 Å². The summed E-state index contributed by atoms with van der Waals surface area (Å²) < 4.78 is 10.4. The Morgan fingerprint density at radius 3 is 2.47 bits per heavy atom. The second-order valence-electron chi connectivity index (χ2n) is 6.60. The van der Waals surface area contributed by atoms with Crippen LogP contribution < -0.4 is 15.4 Å². The highest BCUT2D eigenvalue weighted by Gasteiger charge is 2.27. The van der Waals surface area contributed by atoms with E-state index in [1.807, 2.05) is 6.92 Å². The fraction of sp³-hybridized carbons (Fsp3) is 0.174. The SMILES string of the molecule is CCOc1ccccc1NC(=O)c1sc(NC(=O)c2cccc(Cl)c2)c(C(=O)OC)c1C. The molecule has 0 saturated heterocycles. The summed E-state index contributed by atoms with van der Waals surface area (Å²) in [5.74, 6) is -1.03. The predicted molar refractivity (Wildman–Crippen MR) is 125 cm³/mol. The quantitative estimate of drug-likeness (QED) is 0.449. The van der Waals surface area contributed by atoms with Gasteiger partial charge < -0.3 is 20.1 Å². The molecule has 3 rings (SSSR count). The van der Waals surface area contributed by atoms with E-state index in [1.54, 1.807) is 49.4 Å². The van der Waals surface area contributed by atoms with E-state index in [1.165, 1.54) is 13.2 Å². The van der Waals surface area contributed by atoms with Gasteiger partial charge in [-0.1, -0.05) is 29.8 Å². The lowest BCUT2D eigenvalue weighted by Gasteiger charge is -2.11. The summed E-state index contributed by atoms with van der Waals surface area (Å²) in [6, 6.07) is 13.4. The molecule has 0 fully saturated rings. The molecule has 0 atom stereocenters. The number of thiophene rings is 1. The fourth-order valence-electron chi connectivity index (χ4n) is 3.00. The van der Waals surface area contributed by atoms with Crippen LogP contribution in [0.15, 0.2) is 48.5 Å². The van der Waals surface area contributed by atoms with Crippen LogP contribution in [0.3, 0.4) is 0 Å². The number of hydrogen-bond acceptors (Lipinski definition) is 6. The molecule has 32 heavy (non-hydrogen) atoms. The van der Waals surface area contributed by atoms with Crippen LogP contribution in [0.25, 0.3) is 0 Å². The number of carbonyl (C=O) groups is 3. The molecule has 2 N–H and O–H groups in total. The van der Waals surface area contributed by atoms with E-state index in [4.69, 9.17) is 21.1 Å². The molecule has 0 aliphatic rings. The average Bonchev–Trinajstić information content (AvgIpc) is 3.10. The van der Waals surface area contributed by atoms with Crippen LogP contribution in [0.1, 0.15) is 42.9 Å². The van der Waals surface area contributed by atoms with Crippen molar-refractivity contribution in [3.8, 4) is 5.75 Å². The molecule has 0 aliphatic heterocycles. The number of halogens is 1. The Morgan fingerprint density at radius 1 is 1.03 bits per heavy atom. The number of anilines is 2. The third-order valence-electron chi connectivity index (χ3n) is 4.49. The van der Waals surface area contributed by atoms with Crippen LogP contribution in [0.2, 0.25) is 5.02 Å². The smallest absolute Gasteiger partial charge is 0.341 e. The van der Waals surface area contributed by atoms with Crippen molar-refractivity contribution in [2.45, 2.75) is 13.8 Å². The van der Waals surface area contributed by atoms with Gasteiger partial charge in [-0.15, -0.1) is 11.3 Å². The summed E-state index contributed by atoms with van der Waals surface area (Å²) in [4.78, 5) is 38.4. The number of benzene rings is 2.